The number of hydrogen-bond acceptors (Lipinski definition) is 2. The third-order valence-corrected chi connectivity index (χ3v) is 4.98. The fourth-order valence-corrected chi connectivity index (χ4v) is 3.74. The minimum absolute atomic E-state index is 0. The Hall–Kier alpha value is -0.980. The topological polar surface area (TPSA) is 59.6 Å². The Kier molecular flexibility index (Phi) is 6.99. The van der Waals surface area contributed by atoms with Gasteiger partial charge in [0.1, 0.15) is 5.75 Å². The highest BCUT2D eigenvalue weighted by molar-refractivity contribution is 14.0. The maximum Gasteiger partial charge on any atom is 0.188 e. The van der Waals surface area contributed by atoms with Crippen molar-refractivity contribution < 1.29 is 4.74 Å². The van der Waals surface area contributed by atoms with Crippen molar-refractivity contribution in [2.24, 2.45) is 10.7 Å². The molecule has 0 aliphatic heterocycles. The summed E-state index contributed by atoms with van der Waals surface area (Å²) in [6.45, 7) is 0.783. The largest absolute Gasteiger partial charge is 0.497 e. The summed E-state index contributed by atoms with van der Waals surface area (Å²) in [4.78, 5) is 4.60. The molecule has 2 aliphatic rings. The van der Waals surface area contributed by atoms with Crippen molar-refractivity contribution in [2.75, 3.05) is 13.7 Å². The van der Waals surface area contributed by atoms with Gasteiger partial charge in [0.2, 0.25) is 0 Å². The van der Waals surface area contributed by atoms with Crippen molar-refractivity contribution in [1.82, 2.24) is 5.32 Å². The van der Waals surface area contributed by atoms with Gasteiger partial charge < -0.3 is 15.8 Å². The van der Waals surface area contributed by atoms with E-state index in [1.807, 2.05) is 0 Å². The number of aliphatic imine (C=N–C) groups is 1. The third kappa shape index (κ3) is 4.75. The maximum atomic E-state index is 6.06. The van der Waals surface area contributed by atoms with Crippen molar-refractivity contribution in [2.45, 2.75) is 56.9 Å². The van der Waals surface area contributed by atoms with E-state index in [9.17, 15) is 0 Å². The smallest absolute Gasteiger partial charge is 0.188 e. The van der Waals surface area contributed by atoms with Crippen LogP contribution in [0.25, 0.3) is 0 Å². The van der Waals surface area contributed by atoms with Gasteiger partial charge in [0, 0.05) is 18.5 Å². The molecule has 2 aliphatic carbocycles. The van der Waals surface area contributed by atoms with E-state index >= 15 is 0 Å². The Morgan fingerprint density at radius 3 is 2.78 bits per heavy atom. The van der Waals surface area contributed by atoms with Gasteiger partial charge in [0.25, 0.3) is 0 Å². The van der Waals surface area contributed by atoms with Gasteiger partial charge in [0.15, 0.2) is 5.96 Å². The van der Waals surface area contributed by atoms with Gasteiger partial charge in [-0.3, -0.25) is 4.99 Å². The highest BCUT2D eigenvalue weighted by atomic mass is 127. The molecule has 1 unspecified atom stereocenters. The van der Waals surface area contributed by atoms with E-state index in [0.717, 1.165) is 18.7 Å². The normalized spacial score (nSPS) is 21.4. The van der Waals surface area contributed by atoms with Crippen LogP contribution in [-0.2, 0) is 6.42 Å². The SMILES string of the molecule is COc1ccc2c(c1)CCCC2CN=C(N)NC1CCCC1.I. The lowest BCUT2D eigenvalue weighted by Crippen LogP contribution is -2.38. The molecular formula is C18H28IN3O. The third-order valence-electron chi connectivity index (χ3n) is 4.98. The molecule has 128 valence electrons. The molecule has 0 spiro atoms. The number of methoxy groups -OCH3 is 1. The summed E-state index contributed by atoms with van der Waals surface area (Å²) >= 11 is 0. The van der Waals surface area contributed by atoms with Gasteiger partial charge in [-0.25, -0.2) is 0 Å². The molecule has 23 heavy (non-hydrogen) atoms. The van der Waals surface area contributed by atoms with Gasteiger partial charge in [-0.1, -0.05) is 18.9 Å². The standard InChI is InChI=1S/C18H27N3O.HI/c1-22-16-9-10-17-13(11-16)5-4-6-14(17)12-20-18(19)21-15-7-2-3-8-15;/h9-11,14-15H,2-8,12H2,1H3,(H3,19,20,21);1H. The van der Waals surface area contributed by atoms with E-state index in [2.05, 4.69) is 28.5 Å². The molecular weight excluding hydrogens is 401 g/mol. The lowest BCUT2D eigenvalue weighted by molar-refractivity contribution is 0.413. The molecule has 1 aromatic rings. The maximum absolute atomic E-state index is 6.06. The van der Waals surface area contributed by atoms with Crippen LogP contribution in [0.5, 0.6) is 5.75 Å². The highest BCUT2D eigenvalue weighted by Gasteiger charge is 2.21. The summed E-state index contributed by atoms with van der Waals surface area (Å²) in [7, 11) is 1.72. The molecule has 1 saturated carbocycles. The molecule has 1 aromatic carbocycles. The first-order valence-electron chi connectivity index (χ1n) is 8.49. The molecule has 3 N–H and O–H groups in total. The summed E-state index contributed by atoms with van der Waals surface area (Å²) in [6, 6.07) is 6.96. The molecule has 0 bridgehead atoms. The molecule has 0 radical (unpaired) electrons. The number of benzene rings is 1. The van der Waals surface area contributed by atoms with Gasteiger partial charge in [-0.2, -0.15) is 0 Å². The minimum atomic E-state index is 0. The first kappa shape index (κ1) is 18.4. The van der Waals surface area contributed by atoms with Crippen LogP contribution in [-0.4, -0.2) is 25.7 Å². The summed E-state index contributed by atoms with van der Waals surface area (Å²) in [5.74, 6) is 2.05. The summed E-state index contributed by atoms with van der Waals surface area (Å²) in [6.07, 6.45) is 8.62. The molecule has 3 rings (SSSR count). The lowest BCUT2D eigenvalue weighted by atomic mass is 9.83. The van der Waals surface area contributed by atoms with E-state index in [-0.39, 0.29) is 24.0 Å². The predicted octanol–water partition coefficient (Wildman–Crippen LogP) is 3.58. The minimum Gasteiger partial charge on any atom is -0.497 e. The van der Waals surface area contributed by atoms with Gasteiger partial charge >= 0.3 is 0 Å². The van der Waals surface area contributed by atoms with Crippen LogP contribution in [0.1, 0.15) is 55.6 Å². The number of nitrogens with zero attached hydrogens (tertiary/aromatic N) is 1. The van der Waals surface area contributed by atoms with Crippen molar-refractivity contribution >= 4 is 29.9 Å². The van der Waals surface area contributed by atoms with Crippen LogP contribution >= 0.6 is 24.0 Å². The monoisotopic (exact) mass is 429 g/mol. The van der Waals surface area contributed by atoms with Crippen LogP contribution in [0, 0.1) is 0 Å². The summed E-state index contributed by atoms with van der Waals surface area (Å²) in [5.41, 5.74) is 8.89. The van der Waals surface area contributed by atoms with Gasteiger partial charge in [-0.05, 0) is 55.4 Å². The number of fused-ring (bicyclic) bond motifs is 1. The Balaban J connectivity index is 0.00000192. The Morgan fingerprint density at radius 1 is 1.26 bits per heavy atom. The average Bonchev–Trinajstić information content (AvgIpc) is 3.05. The van der Waals surface area contributed by atoms with Crippen LogP contribution < -0.4 is 15.8 Å². The van der Waals surface area contributed by atoms with Crippen molar-refractivity contribution in [3.05, 3.63) is 29.3 Å². The predicted molar refractivity (Wildman–Crippen MR) is 106 cm³/mol. The summed E-state index contributed by atoms with van der Waals surface area (Å²) in [5, 5.41) is 3.37. The molecule has 0 aromatic heterocycles. The van der Waals surface area contributed by atoms with E-state index < -0.39 is 0 Å². The van der Waals surface area contributed by atoms with Crippen molar-refractivity contribution in [3.8, 4) is 5.75 Å². The second kappa shape index (κ2) is 8.76. The average molecular weight is 429 g/mol. The number of nitrogens with one attached hydrogen (secondary N) is 1. The Bertz CT molecular complexity index is 541. The quantitative estimate of drug-likeness (QED) is 0.437. The molecule has 1 fully saturated rings. The number of aryl methyl sites for hydroxylation is 1. The number of halogens is 1. The number of nitrogens with two attached hydrogens (primary N) is 1. The fraction of sp³-hybridized carbons (Fsp3) is 0.611. The number of hydrogen-bond donors (Lipinski definition) is 2. The van der Waals surface area contributed by atoms with E-state index in [1.54, 1.807) is 7.11 Å². The lowest BCUT2D eigenvalue weighted by Gasteiger charge is -2.25. The van der Waals surface area contributed by atoms with Crippen molar-refractivity contribution in [3.63, 3.8) is 0 Å². The van der Waals surface area contributed by atoms with Gasteiger partial charge in [-0.15, -0.1) is 24.0 Å². The molecule has 5 heteroatoms. The second-order valence-corrected chi connectivity index (χ2v) is 6.51. The molecule has 0 saturated heterocycles. The van der Waals surface area contributed by atoms with Gasteiger partial charge in [0.05, 0.1) is 7.11 Å². The van der Waals surface area contributed by atoms with E-state index in [1.165, 1.54) is 49.7 Å². The fourth-order valence-electron chi connectivity index (χ4n) is 3.74. The first-order chi connectivity index (χ1) is 10.8. The molecule has 0 heterocycles. The highest BCUT2D eigenvalue weighted by Crippen LogP contribution is 2.33. The second-order valence-electron chi connectivity index (χ2n) is 6.51. The molecule has 4 nitrogen and oxygen atoms in total. The summed E-state index contributed by atoms with van der Waals surface area (Å²) < 4.78 is 5.33. The number of rotatable bonds is 4. The Morgan fingerprint density at radius 2 is 2.04 bits per heavy atom. The van der Waals surface area contributed by atoms with Crippen LogP contribution in [0.2, 0.25) is 0 Å². The zero-order valence-corrected chi connectivity index (χ0v) is 16.2. The molecule has 0 amide bonds. The number of guanidine groups is 1. The Labute approximate surface area is 156 Å². The van der Waals surface area contributed by atoms with Crippen LogP contribution in [0.15, 0.2) is 23.2 Å². The first-order valence-corrected chi connectivity index (χ1v) is 8.49. The van der Waals surface area contributed by atoms with E-state index in [0.29, 0.717) is 17.9 Å². The zero-order valence-electron chi connectivity index (χ0n) is 13.9. The zero-order chi connectivity index (χ0) is 15.4. The molecule has 1 atom stereocenters. The van der Waals surface area contributed by atoms with Crippen LogP contribution in [0.4, 0.5) is 0 Å². The van der Waals surface area contributed by atoms with Crippen molar-refractivity contribution in [1.29, 1.82) is 0 Å². The van der Waals surface area contributed by atoms with E-state index in [4.69, 9.17) is 10.5 Å². The van der Waals surface area contributed by atoms with Crippen LogP contribution in [0.3, 0.4) is 0 Å². The number of ether oxygens (including phenoxy) is 1.